The molecular weight excluding hydrogens is 366 g/mol. The number of benzene rings is 1. The summed E-state index contributed by atoms with van der Waals surface area (Å²) in [5.41, 5.74) is 2.84. The molecule has 0 aliphatic heterocycles. The van der Waals surface area contributed by atoms with E-state index in [2.05, 4.69) is 34.3 Å². The standard InChI is InChI=1S/C19H19N3O4S/c1-11(2)17-18(20-10-21-19(17)27)25-9-13-7-15(22-26-13)14-6-5-12(23-3)8-16(14)24-4/h5-8,10H,1,9H2,2-4H3,(H,20,21,27). The Kier molecular flexibility index (Phi) is 5.66. The van der Waals surface area contributed by atoms with Crippen molar-refractivity contribution >= 4 is 18.2 Å². The molecule has 0 saturated heterocycles. The second kappa shape index (κ2) is 8.13. The van der Waals surface area contributed by atoms with E-state index in [0.29, 0.717) is 39.4 Å². The Labute approximate surface area is 162 Å². The van der Waals surface area contributed by atoms with Crippen LogP contribution in [0.15, 0.2) is 46.7 Å². The molecule has 0 aliphatic rings. The summed E-state index contributed by atoms with van der Waals surface area (Å²) in [6.07, 6.45) is 1.39. The maximum Gasteiger partial charge on any atom is 0.225 e. The molecule has 27 heavy (non-hydrogen) atoms. The minimum absolute atomic E-state index is 0.149. The number of rotatable bonds is 7. The van der Waals surface area contributed by atoms with Crippen LogP contribution in [-0.2, 0) is 6.61 Å². The number of methoxy groups -OCH3 is 2. The van der Waals surface area contributed by atoms with Crippen LogP contribution in [0.5, 0.6) is 17.4 Å². The summed E-state index contributed by atoms with van der Waals surface area (Å²) in [4.78, 5) is 8.19. The molecular formula is C19H19N3O4S. The molecule has 1 aromatic carbocycles. The average Bonchev–Trinajstić information content (AvgIpc) is 3.14. The third-order valence-electron chi connectivity index (χ3n) is 3.81. The van der Waals surface area contributed by atoms with Gasteiger partial charge in [0.2, 0.25) is 5.88 Å². The van der Waals surface area contributed by atoms with Crippen molar-refractivity contribution in [2.45, 2.75) is 18.6 Å². The van der Waals surface area contributed by atoms with Crippen LogP contribution in [0.3, 0.4) is 0 Å². The molecule has 0 aliphatic carbocycles. The molecule has 0 fully saturated rings. The Hall–Kier alpha value is -3.00. The van der Waals surface area contributed by atoms with Crippen LogP contribution >= 0.6 is 12.6 Å². The molecule has 3 rings (SSSR count). The van der Waals surface area contributed by atoms with Crippen molar-refractivity contribution in [3.05, 3.63) is 48.5 Å². The predicted molar refractivity (Wildman–Crippen MR) is 103 cm³/mol. The molecule has 2 heterocycles. The van der Waals surface area contributed by atoms with Crippen LogP contribution in [0.1, 0.15) is 18.2 Å². The highest BCUT2D eigenvalue weighted by atomic mass is 32.1. The lowest BCUT2D eigenvalue weighted by atomic mass is 10.1. The Morgan fingerprint density at radius 2 is 2.00 bits per heavy atom. The van der Waals surface area contributed by atoms with E-state index in [1.54, 1.807) is 26.4 Å². The molecule has 0 radical (unpaired) electrons. The van der Waals surface area contributed by atoms with Gasteiger partial charge in [0.25, 0.3) is 0 Å². The van der Waals surface area contributed by atoms with E-state index in [0.717, 1.165) is 11.1 Å². The van der Waals surface area contributed by atoms with E-state index in [9.17, 15) is 0 Å². The Bertz CT molecular complexity index is 971. The highest BCUT2D eigenvalue weighted by Gasteiger charge is 2.15. The van der Waals surface area contributed by atoms with Crippen LogP contribution in [0, 0.1) is 0 Å². The molecule has 3 aromatic rings. The van der Waals surface area contributed by atoms with Gasteiger partial charge in [-0.2, -0.15) is 0 Å². The topological polar surface area (TPSA) is 79.5 Å². The van der Waals surface area contributed by atoms with Crippen molar-refractivity contribution in [3.8, 4) is 28.6 Å². The zero-order valence-corrected chi connectivity index (χ0v) is 16.1. The summed E-state index contributed by atoms with van der Waals surface area (Å²) < 4.78 is 21.8. The molecule has 0 saturated carbocycles. The van der Waals surface area contributed by atoms with Crippen molar-refractivity contribution in [1.29, 1.82) is 0 Å². The highest BCUT2D eigenvalue weighted by molar-refractivity contribution is 7.80. The SMILES string of the molecule is C=C(C)c1c(S)ncnc1OCc1cc(-c2ccc(OC)cc2OC)no1. The number of thiol groups is 1. The molecule has 0 amide bonds. The molecule has 8 heteroatoms. The van der Waals surface area contributed by atoms with Gasteiger partial charge in [-0.1, -0.05) is 11.7 Å². The highest BCUT2D eigenvalue weighted by Crippen LogP contribution is 2.33. The molecule has 0 N–H and O–H groups in total. The summed E-state index contributed by atoms with van der Waals surface area (Å²) in [7, 11) is 3.19. The molecule has 7 nitrogen and oxygen atoms in total. The van der Waals surface area contributed by atoms with Gasteiger partial charge in [0.1, 0.15) is 28.5 Å². The Morgan fingerprint density at radius 1 is 1.19 bits per heavy atom. The van der Waals surface area contributed by atoms with Crippen molar-refractivity contribution in [1.82, 2.24) is 15.1 Å². The smallest absolute Gasteiger partial charge is 0.225 e. The summed E-state index contributed by atoms with van der Waals surface area (Å²) in [6, 6.07) is 7.26. The number of aromatic nitrogens is 3. The normalized spacial score (nSPS) is 10.5. The van der Waals surface area contributed by atoms with E-state index < -0.39 is 0 Å². The largest absolute Gasteiger partial charge is 0.497 e. The minimum atomic E-state index is 0.149. The number of ether oxygens (including phenoxy) is 3. The van der Waals surface area contributed by atoms with Gasteiger partial charge in [-0.15, -0.1) is 12.6 Å². The zero-order chi connectivity index (χ0) is 19.4. The number of hydrogen-bond donors (Lipinski definition) is 1. The number of nitrogens with zero attached hydrogens (tertiary/aromatic N) is 3. The van der Waals surface area contributed by atoms with E-state index in [1.807, 2.05) is 19.1 Å². The fourth-order valence-electron chi connectivity index (χ4n) is 2.50. The maximum absolute atomic E-state index is 5.76. The first-order valence-electron chi connectivity index (χ1n) is 8.04. The zero-order valence-electron chi connectivity index (χ0n) is 15.2. The fourth-order valence-corrected chi connectivity index (χ4v) is 2.84. The van der Waals surface area contributed by atoms with Gasteiger partial charge in [0, 0.05) is 17.7 Å². The van der Waals surface area contributed by atoms with Gasteiger partial charge >= 0.3 is 0 Å². The third-order valence-corrected chi connectivity index (χ3v) is 4.15. The average molecular weight is 385 g/mol. The van der Waals surface area contributed by atoms with Gasteiger partial charge in [-0.05, 0) is 24.6 Å². The van der Waals surface area contributed by atoms with Crippen LogP contribution in [0.4, 0.5) is 0 Å². The van der Waals surface area contributed by atoms with E-state index in [4.69, 9.17) is 18.7 Å². The van der Waals surface area contributed by atoms with Gasteiger partial charge in [0.05, 0.1) is 19.8 Å². The molecule has 0 bridgehead atoms. The third kappa shape index (κ3) is 4.06. The van der Waals surface area contributed by atoms with Crippen molar-refractivity contribution < 1.29 is 18.7 Å². The summed E-state index contributed by atoms with van der Waals surface area (Å²) in [5, 5.41) is 4.60. The molecule has 140 valence electrons. The Balaban J connectivity index is 1.80. The molecule has 0 atom stereocenters. The fraction of sp³-hybridized carbons (Fsp3) is 0.211. The molecule has 0 spiro atoms. The second-order valence-corrected chi connectivity index (χ2v) is 6.11. The first-order valence-corrected chi connectivity index (χ1v) is 8.48. The predicted octanol–water partition coefficient (Wildman–Crippen LogP) is 4.05. The van der Waals surface area contributed by atoms with Gasteiger partial charge in [-0.25, -0.2) is 9.97 Å². The van der Waals surface area contributed by atoms with Crippen molar-refractivity contribution in [2.75, 3.05) is 14.2 Å². The van der Waals surface area contributed by atoms with Gasteiger partial charge < -0.3 is 18.7 Å². The number of allylic oxidation sites excluding steroid dienone is 1. The first kappa shape index (κ1) is 18.8. The Morgan fingerprint density at radius 3 is 2.70 bits per heavy atom. The van der Waals surface area contributed by atoms with Crippen LogP contribution < -0.4 is 14.2 Å². The summed E-state index contributed by atoms with van der Waals surface area (Å²) in [5.74, 6) is 2.26. The van der Waals surface area contributed by atoms with Crippen LogP contribution in [-0.4, -0.2) is 29.3 Å². The molecule has 0 unspecified atom stereocenters. The van der Waals surface area contributed by atoms with E-state index in [1.165, 1.54) is 6.33 Å². The lowest BCUT2D eigenvalue weighted by molar-refractivity contribution is 0.240. The number of hydrogen-bond acceptors (Lipinski definition) is 8. The second-order valence-electron chi connectivity index (χ2n) is 5.69. The van der Waals surface area contributed by atoms with Gasteiger partial charge in [0.15, 0.2) is 12.4 Å². The van der Waals surface area contributed by atoms with E-state index in [-0.39, 0.29) is 6.61 Å². The maximum atomic E-state index is 5.76. The quantitative estimate of drug-likeness (QED) is 0.485. The lowest BCUT2D eigenvalue weighted by Gasteiger charge is -2.10. The van der Waals surface area contributed by atoms with E-state index >= 15 is 0 Å². The minimum Gasteiger partial charge on any atom is -0.497 e. The van der Waals surface area contributed by atoms with Gasteiger partial charge in [-0.3, -0.25) is 0 Å². The molecule has 2 aromatic heterocycles. The van der Waals surface area contributed by atoms with Crippen LogP contribution in [0.2, 0.25) is 0 Å². The monoisotopic (exact) mass is 385 g/mol. The summed E-state index contributed by atoms with van der Waals surface area (Å²) in [6.45, 7) is 5.90. The first-order chi connectivity index (χ1) is 13.0. The van der Waals surface area contributed by atoms with Crippen molar-refractivity contribution in [2.24, 2.45) is 0 Å². The van der Waals surface area contributed by atoms with Crippen LogP contribution in [0.25, 0.3) is 16.8 Å². The summed E-state index contributed by atoms with van der Waals surface area (Å²) >= 11 is 4.33. The van der Waals surface area contributed by atoms with Crippen molar-refractivity contribution in [3.63, 3.8) is 0 Å². The lowest BCUT2D eigenvalue weighted by Crippen LogP contribution is -2.01.